The van der Waals surface area contributed by atoms with Gasteiger partial charge in [0.1, 0.15) is 5.54 Å². The van der Waals surface area contributed by atoms with E-state index in [2.05, 4.69) is 5.32 Å². The minimum Gasteiger partial charge on any atom is -0.504 e. The quantitative estimate of drug-likeness (QED) is 0.597. The first-order chi connectivity index (χ1) is 12.3. The van der Waals surface area contributed by atoms with Gasteiger partial charge in [0.05, 0.1) is 26.1 Å². The van der Waals surface area contributed by atoms with Gasteiger partial charge in [0.25, 0.3) is 0 Å². The van der Waals surface area contributed by atoms with Crippen molar-refractivity contribution >= 4 is 17.8 Å². The number of carbonyl (C=O) groups excluding carboxylic acids is 3. The van der Waals surface area contributed by atoms with E-state index in [9.17, 15) is 19.5 Å². The van der Waals surface area contributed by atoms with Crippen LogP contribution in [0.5, 0.6) is 11.5 Å². The fourth-order valence-electron chi connectivity index (χ4n) is 4.08. The van der Waals surface area contributed by atoms with Gasteiger partial charge in [0.15, 0.2) is 11.5 Å². The summed E-state index contributed by atoms with van der Waals surface area (Å²) in [5.41, 5.74) is -0.687. The number of nitrogens with one attached hydrogen (secondary N) is 1. The summed E-state index contributed by atoms with van der Waals surface area (Å²) in [6, 6.07) is 4.10. The molecule has 0 unspecified atom stereocenters. The molecule has 0 aliphatic carbocycles. The summed E-state index contributed by atoms with van der Waals surface area (Å²) in [6.07, 6.45) is 0. The maximum absolute atomic E-state index is 12.9. The van der Waals surface area contributed by atoms with Gasteiger partial charge in [-0.2, -0.15) is 0 Å². The Morgan fingerprint density at radius 2 is 2.00 bits per heavy atom. The standard InChI is InChI=1S/C18H22N2O6/c1-5-20-15(22)12-13(16(20)23)18(2,17(24)26-4)19-14(12)9-6-7-10(21)11(8-9)25-3/h6-8,12-14,19,21H,5H2,1-4H3/t12-,13+,14-,18-/m1/s1. The molecule has 2 amide bonds. The van der Waals surface area contributed by atoms with Crippen molar-refractivity contribution in [3.8, 4) is 11.5 Å². The van der Waals surface area contributed by atoms with Gasteiger partial charge in [-0.05, 0) is 31.5 Å². The number of imide groups is 1. The molecule has 0 aromatic heterocycles. The highest BCUT2D eigenvalue weighted by molar-refractivity contribution is 6.09. The molecule has 8 nitrogen and oxygen atoms in total. The van der Waals surface area contributed by atoms with Gasteiger partial charge in [-0.1, -0.05) is 6.07 Å². The minimum absolute atomic E-state index is 0.0365. The monoisotopic (exact) mass is 362 g/mol. The third-order valence-corrected chi connectivity index (χ3v) is 5.37. The molecule has 0 bridgehead atoms. The van der Waals surface area contributed by atoms with Crippen molar-refractivity contribution < 1.29 is 29.0 Å². The number of esters is 1. The number of likely N-dealkylation sites (tertiary alicyclic amines) is 1. The van der Waals surface area contributed by atoms with Crippen LogP contribution in [0.2, 0.25) is 0 Å². The normalized spacial score (nSPS) is 30.5. The van der Waals surface area contributed by atoms with E-state index >= 15 is 0 Å². The van der Waals surface area contributed by atoms with Crippen molar-refractivity contribution in [3.63, 3.8) is 0 Å². The molecule has 2 aliphatic heterocycles. The molecular formula is C18H22N2O6. The lowest BCUT2D eigenvalue weighted by Gasteiger charge is -2.28. The number of benzene rings is 1. The molecule has 8 heteroatoms. The Hall–Kier alpha value is -2.61. The van der Waals surface area contributed by atoms with Gasteiger partial charge < -0.3 is 14.6 Å². The van der Waals surface area contributed by atoms with Gasteiger partial charge in [0, 0.05) is 12.6 Å². The second kappa shape index (κ2) is 6.28. The number of hydrogen-bond acceptors (Lipinski definition) is 7. The number of amides is 2. The number of carbonyl (C=O) groups is 3. The molecule has 3 rings (SSSR count). The molecule has 4 atom stereocenters. The smallest absolute Gasteiger partial charge is 0.326 e. The second-order valence-corrected chi connectivity index (χ2v) is 6.67. The van der Waals surface area contributed by atoms with Crippen LogP contribution in [0.4, 0.5) is 0 Å². The Balaban J connectivity index is 2.11. The number of phenols is 1. The molecule has 2 aliphatic rings. The molecule has 0 saturated carbocycles. The largest absolute Gasteiger partial charge is 0.504 e. The highest BCUT2D eigenvalue weighted by Gasteiger charge is 2.66. The van der Waals surface area contributed by atoms with Crippen LogP contribution < -0.4 is 10.1 Å². The number of phenolic OH excluding ortho intramolecular Hbond substituents is 1. The first-order valence-electron chi connectivity index (χ1n) is 8.38. The molecule has 0 radical (unpaired) electrons. The molecule has 0 spiro atoms. The van der Waals surface area contributed by atoms with Crippen molar-refractivity contribution in [2.45, 2.75) is 25.4 Å². The zero-order valence-electron chi connectivity index (χ0n) is 15.1. The number of nitrogens with zero attached hydrogens (tertiary/aromatic N) is 1. The summed E-state index contributed by atoms with van der Waals surface area (Å²) < 4.78 is 10.0. The number of aromatic hydroxyl groups is 1. The number of ether oxygens (including phenoxy) is 2. The first-order valence-corrected chi connectivity index (χ1v) is 8.38. The number of fused-ring (bicyclic) bond motifs is 1. The van der Waals surface area contributed by atoms with Gasteiger partial charge in [-0.15, -0.1) is 0 Å². The van der Waals surface area contributed by atoms with Crippen LogP contribution in [0.3, 0.4) is 0 Å². The number of rotatable bonds is 4. The maximum Gasteiger partial charge on any atom is 0.326 e. The zero-order chi connectivity index (χ0) is 19.2. The lowest BCUT2D eigenvalue weighted by atomic mass is 9.80. The Morgan fingerprint density at radius 1 is 1.31 bits per heavy atom. The third-order valence-electron chi connectivity index (χ3n) is 5.37. The van der Waals surface area contributed by atoms with Crippen LogP contribution in [-0.2, 0) is 19.1 Å². The summed E-state index contributed by atoms with van der Waals surface area (Å²) in [5, 5.41) is 13.0. The van der Waals surface area contributed by atoms with Crippen molar-refractivity contribution in [3.05, 3.63) is 23.8 Å². The summed E-state index contributed by atoms with van der Waals surface area (Å²) >= 11 is 0. The average Bonchev–Trinajstić information content (AvgIpc) is 3.09. The van der Waals surface area contributed by atoms with E-state index < -0.39 is 29.4 Å². The number of methoxy groups -OCH3 is 2. The van der Waals surface area contributed by atoms with E-state index in [1.54, 1.807) is 26.0 Å². The summed E-state index contributed by atoms with van der Waals surface area (Å²) in [6.45, 7) is 3.55. The van der Waals surface area contributed by atoms with E-state index in [0.29, 0.717) is 5.56 Å². The van der Waals surface area contributed by atoms with Crippen LogP contribution in [0.15, 0.2) is 18.2 Å². The van der Waals surface area contributed by atoms with E-state index in [4.69, 9.17) is 9.47 Å². The molecule has 2 N–H and O–H groups in total. The molecule has 1 aromatic carbocycles. The fraction of sp³-hybridized carbons (Fsp3) is 0.500. The van der Waals surface area contributed by atoms with Crippen LogP contribution in [0.1, 0.15) is 25.5 Å². The van der Waals surface area contributed by atoms with Gasteiger partial charge in [0.2, 0.25) is 11.8 Å². The van der Waals surface area contributed by atoms with Crippen LogP contribution >= 0.6 is 0 Å². The second-order valence-electron chi connectivity index (χ2n) is 6.67. The van der Waals surface area contributed by atoms with Crippen molar-refractivity contribution in [1.29, 1.82) is 0 Å². The Kier molecular flexibility index (Phi) is 4.39. The summed E-state index contributed by atoms with van der Waals surface area (Å²) in [7, 11) is 2.67. The van der Waals surface area contributed by atoms with E-state index in [1.807, 2.05) is 0 Å². The SMILES string of the molecule is CCN1C(=O)[C@H]2[C@@H](c3ccc(O)c(OC)c3)N[C@@](C)(C(=O)OC)[C@@H]2C1=O. The van der Waals surface area contributed by atoms with E-state index in [0.717, 1.165) is 0 Å². The lowest BCUT2D eigenvalue weighted by molar-refractivity contribution is -0.153. The highest BCUT2D eigenvalue weighted by Crippen LogP contribution is 2.49. The Labute approximate surface area is 151 Å². The van der Waals surface area contributed by atoms with Crippen molar-refractivity contribution in [2.24, 2.45) is 11.8 Å². The van der Waals surface area contributed by atoms with E-state index in [-0.39, 0.29) is 29.9 Å². The molecule has 26 heavy (non-hydrogen) atoms. The summed E-state index contributed by atoms with van der Waals surface area (Å²) in [5.74, 6) is -2.68. The third kappa shape index (κ3) is 2.36. The Bertz CT molecular complexity index is 779. The predicted molar refractivity (Wildman–Crippen MR) is 90.3 cm³/mol. The van der Waals surface area contributed by atoms with Crippen LogP contribution in [-0.4, -0.2) is 54.1 Å². The maximum atomic E-state index is 12.9. The van der Waals surface area contributed by atoms with Crippen molar-refractivity contribution in [2.75, 3.05) is 20.8 Å². The van der Waals surface area contributed by atoms with Crippen LogP contribution in [0.25, 0.3) is 0 Å². The molecular weight excluding hydrogens is 340 g/mol. The topological polar surface area (TPSA) is 105 Å². The highest BCUT2D eigenvalue weighted by atomic mass is 16.5. The van der Waals surface area contributed by atoms with Gasteiger partial charge in [-0.25, -0.2) is 0 Å². The molecule has 140 valence electrons. The van der Waals surface area contributed by atoms with Crippen LogP contribution in [0, 0.1) is 11.8 Å². The summed E-state index contributed by atoms with van der Waals surface area (Å²) in [4.78, 5) is 39.3. The number of hydrogen-bond donors (Lipinski definition) is 2. The van der Waals surface area contributed by atoms with Gasteiger partial charge >= 0.3 is 5.97 Å². The minimum atomic E-state index is -1.33. The fourth-order valence-corrected chi connectivity index (χ4v) is 4.08. The first kappa shape index (κ1) is 18.2. The predicted octanol–water partition coefficient (Wildman–Crippen LogP) is 0.598. The lowest BCUT2D eigenvalue weighted by Crippen LogP contribution is -2.53. The molecule has 2 fully saturated rings. The molecule has 1 aromatic rings. The van der Waals surface area contributed by atoms with Gasteiger partial charge in [-0.3, -0.25) is 24.6 Å². The van der Waals surface area contributed by atoms with Crippen molar-refractivity contribution in [1.82, 2.24) is 10.2 Å². The average molecular weight is 362 g/mol. The zero-order valence-corrected chi connectivity index (χ0v) is 15.1. The molecule has 2 heterocycles. The van der Waals surface area contributed by atoms with E-state index in [1.165, 1.54) is 25.2 Å². The molecule has 2 saturated heterocycles. The Morgan fingerprint density at radius 3 is 2.58 bits per heavy atom.